The van der Waals surface area contributed by atoms with Crippen LogP contribution in [0.3, 0.4) is 0 Å². The number of aromatic nitrogens is 4. The minimum Gasteiger partial charge on any atom is -0.395 e. The van der Waals surface area contributed by atoms with E-state index in [1.165, 1.54) is 4.31 Å². The second-order valence-corrected chi connectivity index (χ2v) is 9.80. The fourth-order valence-corrected chi connectivity index (χ4v) is 4.81. The molecule has 1 saturated heterocycles. The summed E-state index contributed by atoms with van der Waals surface area (Å²) < 4.78 is 27.6. The third kappa shape index (κ3) is 4.87. The van der Waals surface area contributed by atoms with Gasteiger partial charge in [-0.1, -0.05) is 23.7 Å². The van der Waals surface area contributed by atoms with Gasteiger partial charge in [0.25, 0.3) is 0 Å². The summed E-state index contributed by atoms with van der Waals surface area (Å²) in [7, 11) is -1.61. The molecule has 0 unspecified atom stereocenters. The van der Waals surface area contributed by atoms with Gasteiger partial charge in [0.2, 0.25) is 10.0 Å². The molecule has 1 fully saturated rings. The van der Waals surface area contributed by atoms with Gasteiger partial charge in [-0.3, -0.25) is 4.68 Å². The molecule has 0 aliphatic carbocycles. The van der Waals surface area contributed by atoms with E-state index in [1.807, 2.05) is 48.5 Å². The summed E-state index contributed by atoms with van der Waals surface area (Å²) in [4.78, 5) is 11.5. The molecule has 2 aromatic heterocycles. The topological polar surface area (TPSA) is 104 Å². The van der Waals surface area contributed by atoms with E-state index in [4.69, 9.17) is 26.7 Å². The van der Waals surface area contributed by atoms with E-state index in [1.54, 1.807) is 10.9 Å². The number of piperazine rings is 1. The Kier molecular flexibility index (Phi) is 6.24. The highest BCUT2D eigenvalue weighted by Gasteiger charge is 2.27. The fraction of sp³-hybridized carbons (Fsp3) is 0.350. The lowest BCUT2D eigenvalue weighted by atomic mass is 10.1. The number of halogens is 1. The Labute approximate surface area is 186 Å². The summed E-state index contributed by atoms with van der Waals surface area (Å²) in [6.07, 6.45) is 3.56. The first kappa shape index (κ1) is 21.7. The monoisotopic (exact) mass is 462 g/mol. The first-order valence-electron chi connectivity index (χ1n) is 9.83. The predicted octanol–water partition coefficient (Wildman–Crippen LogP) is 1.64. The molecule has 0 bridgehead atoms. The van der Waals surface area contributed by atoms with Crippen molar-refractivity contribution in [2.24, 2.45) is 7.05 Å². The van der Waals surface area contributed by atoms with Crippen molar-refractivity contribution in [1.29, 1.82) is 0 Å². The van der Waals surface area contributed by atoms with Crippen LogP contribution in [0.15, 0.2) is 42.7 Å². The lowest BCUT2D eigenvalue weighted by Gasteiger charge is -2.34. The second kappa shape index (κ2) is 8.91. The third-order valence-electron chi connectivity index (χ3n) is 5.12. The van der Waals surface area contributed by atoms with Crippen LogP contribution in [0.25, 0.3) is 22.6 Å². The van der Waals surface area contributed by atoms with Crippen LogP contribution in [0.5, 0.6) is 0 Å². The molecule has 3 aromatic rings. The van der Waals surface area contributed by atoms with Gasteiger partial charge in [-0.15, -0.1) is 0 Å². The number of aliphatic hydroxyl groups excluding tert-OH is 1. The standard InChI is InChI=1S/C20H23ClN6O3S/c1-25-14-16(13-22-25)20-23-18(15-2-4-17(21)5-3-15)12-19(24-20)26-6-8-27(9-7-26)31(29,30)11-10-28/h2-5,12-14,28H,6-11H2,1H3. The summed E-state index contributed by atoms with van der Waals surface area (Å²) >= 11 is 6.03. The van der Waals surface area contributed by atoms with Crippen LogP contribution in [-0.2, 0) is 17.1 Å². The number of benzene rings is 1. The zero-order chi connectivity index (χ0) is 22.0. The van der Waals surface area contributed by atoms with Gasteiger partial charge >= 0.3 is 0 Å². The molecule has 11 heteroatoms. The Morgan fingerprint density at radius 1 is 1.06 bits per heavy atom. The van der Waals surface area contributed by atoms with Crippen LogP contribution >= 0.6 is 11.6 Å². The van der Waals surface area contributed by atoms with Crippen molar-refractivity contribution >= 4 is 27.4 Å². The number of nitrogens with zero attached hydrogens (tertiary/aromatic N) is 6. The summed E-state index contributed by atoms with van der Waals surface area (Å²) in [6.45, 7) is 1.28. The summed E-state index contributed by atoms with van der Waals surface area (Å²) in [5, 5.41) is 13.9. The van der Waals surface area contributed by atoms with Gasteiger partial charge in [-0.2, -0.15) is 9.40 Å². The average molecular weight is 463 g/mol. The van der Waals surface area contributed by atoms with E-state index < -0.39 is 10.0 Å². The van der Waals surface area contributed by atoms with Crippen molar-refractivity contribution < 1.29 is 13.5 Å². The average Bonchev–Trinajstić information content (AvgIpc) is 3.20. The van der Waals surface area contributed by atoms with E-state index in [9.17, 15) is 8.42 Å². The van der Waals surface area contributed by atoms with Crippen LogP contribution in [0.1, 0.15) is 0 Å². The molecular formula is C20H23ClN6O3S. The van der Waals surface area contributed by atoms with E-state index in [2.05, 4.69) is 5.10 Å². The highest BCUT2D eigenvalue weighted by molar-refractivity contribution is 7.89. The lowest BCUT2D eigenvalue weighted by molar-refractivity contribution is 0.312. The molecule has 4 rings (SSSR count). The minimum absolute atomic E-state index is 0.258. The van der Waals surface area contributed by atoms with E-state index >= 15 is 0 Å². The molecule has 0 amide bonds. The second-order valence-electron chi connectivity index (χ2n) is 7.27. The van der Waals surface area contributed by atoms with Crippen molar-refractivity contribution in [2.75, 3.05) is 43.4 Å². The van der Waals surface area contributed by atoms with E-state index in [0.29, 0.717) is 37.0 Å². The van der Waals surface area contributed by atoms with Crippen LogP contribution in [0.2, 0.25) is 5.02 Å². The maximum atomic E-state index is 12.2. The molecule has 3 heterocycles. The molecule has 1 aromatic carbocycles. The fourth-order valence-electron chi connectivity index (χ4n) is 3.47. The van der Waals surface area contributed by atoms with Gasteiger partial charge in [-0.05, 0) is 12.1 Å². The van der Waals surface area contributed by atoms with Gasteiger partial charge in [0, 0.05) is 56.1 Å². The number of anilines is 1. The highest BCUT2D eigenvalue weighted by Crippen LogP contribution is 2.27. The number of rotatable bonds is 6. The number of hydrogen-bond acceptors (Lipinski definition) is 7. The van der Waals surface area contributed by atoms with Gasteiger partial charge in [0.1, 0.15) is 5.82 Å². The summed E-state index contributed by atoms with van der Waals surface area (Å²) in [5.41, 5.74) is 2.45. The molecule has 164 valence electrons. The third-order valence-corrected chi connectivity index (χ3v) is 7.22. The van der Waals surface area contributed by atoms with Crippen molar-refractivity contribution in [1.82, 2.24) is 24.1 Å². The molecule has 0 spiro atoms. The van der Waals surface area contributed by atoms with Gasteiger partial charge < -0.3 is 10.0 Å². The predicted molar refractivity (Wildman–Crippen MR) is 119 cm³/mol. The Morgan fingerprint density at radius 2 is 1.77 bits per heavy atom. The zero-order valence-corrected chi connectivity index (χ0v) is 18.6. The molecule has 1 N–H and O–H groups in total. The summed E-state index contributed by atoms with van der Waals surface area (Å²) in [5.74, 6) is 1.01. The number of aliphatic hydroxyl groups is 1. The van der Waals surface area contributed by atoms with Crippen molar-refractivity contribution in [3.63, 3.8) is 0 Å². The van der Waals surface area contributed by atoms with Gasteiger partial charge in [-0.25, -0.2) is 18.4 Å². The van der Waals surface area contributed by atoms with Crippen LogP contribution in [-0.4, -0.2) is 76.1 Å². The quantitative estimate of drug-likeness (QED) is 0.593. The van der Waals surface area contributed by atoms with Gasteiger partial charge in [0.05, 0.1) is 29.8 Å². The van der Waals surface area contributed by atoms with Crippen LogP contribution < -0.4 is 4.90 Å². The van der Waals surface area contributed by atoms with Crippen molar-refractivity contribution in [3.05, 3.63) is 47.7 Å². The first-order valence-corrected chi connectivity index (χ1v) is 11.8. The molecule has 1 aliphatic rings. The number of sulfonamides is 1. The summed E-state index contributed by atoms with van der Waals surface area (Å²) in [6, 6.07) is 9.34. The van der Waals surface area contributed by atoms with Gasteiger partial charge in [0.15, 0.2) is 5.82 Å². The molecule has 0 atom stereocenters. The Morgan fingerprint density at radius 3 is 2.39 bits per heavy atom. The first-order chi connectivity index (χ1) is 14.9. The maximum Gasteiger partial charge on any atom is 0.216 e. The number of hydrogen-bond donors (Lipinski definition) is 1. The van der Waals surface area contributed by atoms with E-state index in [-0.39, 0.29) is 12.4 Å². The maximum absolute atomic E-state index is 12.2. The molecule has 0 saturated carbocycles. The SMILES string of the molecule is Cn1cc(-c2nc(-c3ccc(Cl)cc3)cc(N3CCN(S(=O)(=O)CCO)CC3)n2)cn1. The Hall–Kier alpha value is -2.53. The van der Waals surface area contributed by atoms with E-state index in [0.717, 1.165) is 22.6 Å². The van der Waals surface area contributed by atoms with Crippen molar-refractivity contribution in [2.45, 2.75) is 0 Å². The minimum atomic E-state index is -3.44. The number of aryl methyl sites for hydroxylation is 1. The lowest BCUT2D eigenvalue weighted by Crippen LogP contribution is -2.49. The van der Waals surface area contributed by atoms with Crippen LogP contribution in [0.4, 0.5) is 5.82 Å². The van der Waals surface area contributed by atoms with Crippen LogP contribution in [0, 0.1) is 0 Å². The molecule has 1 aliphatic heterocycles. The molecule has 0 radical (unpaired) electrons. The normalized spacial score (nSPS) is 15.4. The smallest absolute Gasteiger partial charge is 0.216 e. The Balaban J connectivity index is 1.66. The molecule has 31 heavy (non-hydrogen) atoms. The molecular weight excluding hydrogens is 440 g/mol. The molecule has 9 nitrogen and oxygen atoms in total. The van der Waals surface area contributed by atoms with Crippen molar-refractivity contribution in [3.8, 4) is 22.6 Å². The highest BCUT2D eigenvalue weighted by atomic mass is 35.5. The largest absolute Gasteiger partial charge is 0.395 e. The zero-order valence-electron chi connectivity index (χ0n) is 17.0. The Bertz CT molecular complexity index is 1160.